The van der Waals surface area contributed by atoms with Crippen LogP contribution in [0.3, 0.4) is 0 Å². The van der Waals surface area contributed by atoms with Gasteiger partial charge in [-0.3, -0.25) is 13.8 Å². The number of nitrogens with one attached hydrogen (secondary N) is 1. The van der Waals surface area contributed by atoms with Gasteiger partial charge in [-0.2, -0.15) is 0 Å². The zero-order valence-corrected chi connectivity index (χ0v) is 34.5. The highest BCUT2D eigenvalue weighted by molar-refractivity contribution is 7.47. The van der Waals surface area contributed by atoms with Crippen molar-refractivity contribution in [1.82, 2.24) is 5.32 Å². The Labute approximate surface area is 314 Å². The summed E-state index contributed by atoms with van der Waals surface area (Å²) in [5, 5.41) is 13.9. The molecule has 0 aliphatic rings. The molecule has 0 aromatic rings. The van der Waals surface area contributed by atoms with Crippen LogP contribution in [0.1, 0.15) is 162 Å². The molecule has 0 radical (unpaired) electrons. The summed E-state index contributed by atoms with van der Waals surface area (Å²) >= 11 is 0. The predicted molar refractivity (Wildman–Crippen MR) is 217 cm³/mol. The molecule has 9 heteroatoms. The standard InChI is InChI=1S/C42H79N2O6P/c1-6-8-10-12-14-16-18-20-21-22-23-24-26-28-30-32-34-36-42(46)43-40(39-50-51(47,48)49-38-37-44(3,4)5)41(45)35-33-31-29-27-25-19-17-15-13-11-9-7-2/h8,10,14,16,20-21,23-24,40-41,45H,6-7,9,11-13,15,17-19,22,25-39H2,1-5H3,(H-,43,46,47,48)/p+1/b10-8-,16-14-,21-20-,24-23-. The van der Waals surface area contributed by atoms with Crippen molar-refractivity contribution in [1.29, 1.82) is 0 Å². The van der Waals surface area contributed by atoms with Crippen molar-refractivity contribution in [2.45, 2.75) is 174 Å². The van der Waals surface area contributed by atoms with Gasteiger partial charge in [-0.15, -0.1) is 0 Å². The molecule has 3 N–H and O–H groups in total. The Morgan fingerprint density at radius 3 is 1.73 bits per heavy atom. The first kappa shape index (κ1) is 49.5. The van der Waals surface area contributed by atoms with Crippen molar-refractivity contribution < 1.29 is 32.9 Å². The maximum Gasteiger partial charge on any atom is 0.472 e. The number of nitrogens with zero attached hydrogens (tertiary/aromatic N) is 1. The van der Waals surface area contributed by atoms with Gasteiger partial charge in [0.15, 0.2) is 0 Å². The van der Waals surface area contributed by atoms with Gasteiger partial charge in [-0.1, -0.05) is 152 Å². The van der Waals surface area contributed by atoms with Crippen LogP contribution >= 0.6 is 7.82 Å². The van der Waals surface area contributed by atoms with Gasteiger partial charge in [-0.05, 0) is 51.4 Å². The smallest absolute Gasteiger partial charge is 0.391 e. The summed E-state index contributed by atoms with van der Waals surface area (Å²) in [5.74, 6) is -0.171. The summed E-state index contributed by atoms with van der Waals surface area (Å²) in [6.07, 6.45) is 41.3. The first-order valence-electron chi connectivity index (χ1n) is 20.5. The molecule has 0 spiro atoms. The Bertz CT molecular complexity index is 975. The molecule has 3 atom stereocenters. The molecule has 0 heterocycles. The maximum absolute atomic E-state index is 12.8. The first-order chi connectivity index (χ1) is 24.5. The number of amides is 1. The van der Waals surface area contributed by atoms with Gasteiger partial charge in [0.05, 0.1) is 39.9 Å². The van der Waals surface area contributed by atoms with Crippen LogP contribution in [0.4, 0.5) is 0 Å². The summed E-state index contributed by atoms with van der Waals surface area (Å²) in [6, 6.07) is -0.772. The fraction of sp³-hybridized carbons (Fsp3) is 0.786. The number of unbranched alkanes of at least 4 members (excludes halogenated alkanes) is 15. The summed E-state index contributed by atoms with van der Waals surface area (Å²) in [7, 11) is 1.59. The van der Waals surface area contributed by atoms with E-state index in [-0.39, 0.29) is 19.1 Å². The average molecular weight is 740 g/mol. The minimum absolute atomic E-state index is 0.0675. The van der Waals surface area contributed by atoms with E-state index in [1.165, 1.54) is 57.8 Å². The molecule has 0 saturated heterocycles. The van der Waals surface area contributed by atoms with Crippen molar-refractivity contribution in [2.24, 2.45) is 0 Å². The highest BCUT2D eigenvalue weighted by Gasteiger charge is 2.28. The van der Waals surface area contributed by atoms with Crippen molar-refractivity contribution in [3.8, 4) is 0 Å². The third-order valence-electron chi connectivity index (χ3n) is 8.84. The van der Waals surface area contributed by atoms with Gasteiger partial charge in [-0.25, -0.2) is 4.57 Å². The maximum atomic E-state index is 12.8. The lowest BCUT2D eigenvalue weighted by Crippen LogP contribution is -2.46. The number of aliphatic hydroxyl groups excluding tert-OH is 1. The van der Waals surface area contributed by atoms with Gasteiger partial charge in [0.1, 0.15) is 13.2 Å². The molecular formula is C42H80N2O6P+. The molecule has 0 bridgehead atoms. The number of phosphoric acid groups is 1. The number of hydrogen-bond acceptors (Lipinski definition) is 5. The summed E-state index contributed by atoms with van der Waals surface area (Å²) in [6.45, 7) is 4.72. The molecule has 0 rings (SSSR count). The Balaban J connectivity index is 4.47. The van der Waals surface area contributed by atoms with E-state index in [0.717, 1.165) is 77.0 Å². The zero-order chi connectivity index (χ0) is 37.9. The lowest BCUT2D eigenvalue weighted by atomic mass is 10.0. The highest BCUT2D eigenvalue weighted by Crippen LogP contribution is 2.43. The summed E-state index contributed by atoms with van der Waals surface area (Å²) in [5.41, 5.74) is 0. The Morgan fingerprint density at radius 1 is 0.686 bits per heavy atom. The van der Waals surface area contributed by atoms with Crippen LogP contribution in [-0.4, -0.2) is 73.4 Å². The molecule has 0 aromatic carbocycles. The topological polar surface area (TPSA) is 105 Å². The number of aliphatic hydroxyl groups is 1. The van der Waals surface area contributed by atoms with Crippen LogP contribution in [0.5, 0.6) is 0 Å². The molecule has 0 aliphatic heterocycles. The number of allylic oxidation sites excluding steroid dienone is 8. The second-order valence-corrected chi connectivity index (χ2v) is 16.4. The van der Waals surface area contributed by atoms with E-state index in [2.05, 4.69) is 67.8 Å². The monoisotopic (exact) mass is 740 g/mol. The van der Waals surface area contributed by atoms with Crippen molar-refractivity contribution >= 4 is 13.7 Å². The average Bonchev–Trinajstić information content (AvgIpc) is 3.07. The molecule has 51 heavy (non-hydrogen) atoms. The lowest BCUT2D eigenvalue weighted by Gasteiger charge is -2.26. The Kier molecular flexibility index (Phi) is 33.2. The van der Waals surface area contributed by atoms with Crippen LogP contribution in [0, 0.1) is 0 Å². The van der Waals surface area contributed by atoms with E-state index < -0.39 is 20.0 Å². The Morgan fingerprint density at radius 2 is 1.18 bits per heavy atom. The van der Waals surface area contributed by atoms with Crippen LogP contribution in [-0.2, 0) is 18.4 Å². The lowest BCUT2D eigenvalue weighted by molar-refractivity contribution is -0.870. The van der Waals surface area contributed by atoms with Gasteiger partial charge in [0.2, 0.25) is 5.91 Å². The first-order valence-corrected chi connectivity index (χ1v) is 22.0. The molecule has 8 nitrogen and oxygen atoms in total. The fourth-order valence-electron chi connectivity index (χ4n) is 5.56. The van der Waals surface area contributed by atoms with E-state index in [1.807, 2.05) is 21.1 Å². The molecular weight excluding hydrogens is 659 g/mol. The summed E-state index contributed by atoms with van der Waals surface area (Å²) in [4.78, 5) is 23.1. The zero-order valence-electron chi connectivity index (χ0n) is 33.6. The van der Waals surface area contributed by atoms with E-state index in [4.69, 9.17) is 9.05 Å². The molecule has 0 aromatic heterocycles. The van der Waals surface area contributed by atoms with Crippen molar-refractivity contribution in [2.75, 3.05) is 40.9 Å². The second-order valence-electron chi connectivity index (χ2n) is 15.0. The number of likely N-dealkylation sites (N-methyl/N-ethyl adjacent to an activating group) is 1. The van der Waals surface area contributed by atoms with Crippen LogP contribution in [0.2, 0.25) is 0 Å². The molecule has 0 fully saturated rings. The second kappa shape index (κ2) is 34.2. The molecule has 1 amide bonds. The van der Waals surface area contributed by atoms with Crippen molar-refractivity contribution in [3.63, 3.8) is 0 Å². The van der Waals surface area contributed by atoms with E-state index >= 15 is 0 Å². The number of quaternary nitrogens is 1. The van der Waals surface area contributed by atoms with E-state index in [9.17, 15) is 19.4 Å². The minimum atomic E-state index is -4.32. The largest absolute Gasteiger partial charge is 0.472 e. The molecule has 0 aliphatic carbocycles. The van der Waals surface area contributed by atoms with Gasteiger partial charge in [0, 0.05) is 6.42 Å². The van der Waals surface area contributed by atoms with Crippen LogP contribution < -0.4 is 5.32 Å². The third-order valence-corrected chi connectivity index (χ3v) is 9.83. The minimum Gasteiger partial charge on any atom is -0.391 e. The predicted octanol–water partition coefficient (Wildman–Crippen LogP) is 10.9. The number of carbonyl (C=O) groups is 1. The van der Waals surface area contributed by atoms with Crippen LogP contribution in [0.15, 0.2) is 48.6 Å². The van der Waals surface area contributed by atoms with Crippen molar-refractivity contribution in [3.05, 3.63) is 48.6 Å². The number of hydrogen-bond donors (Lipinski definition) is 3. The molecule has 298 valence electrons. The number of rotatable bonds is 36. The normalized spacial score (nSPS) is 15.0. The van der Waals surface area contributed by atoms with E-state index in [1.54, 1.807) is 0 Å². The highest BCUT2D eigenvalue weighted by atomic mass is 31.2. The van der Waals surface area contributed by atoms with Gasteiger partial charge < -0.3 is 19.8 Å². The number of carbonyl (C=O) groups excluding carboxylic acids is 1. The third kappa shape index (κ3) is 36.6. The molecule has 3 unspecified atom stereocenters. The molecule has 0 saturated carbocycles. The van der Waals surface area contributed by atoms with Gasteiger partial charge in [0.25, 0.3) is 0 Å². The van der Waals surface area contributed by atoms with Crippen LogP contribution in [0.25, 0.3) is 0 Å². The Hall–Kier alpha value is -1.54. The fourth-order valence-corrected chi connectivity index (χ4v) is 6.30. The van der Waals surface area contributed by atoms with Gasteiger partial charge >= 0.3 is 7.82 Å². The summed E-state index contributed by atoms with van der Waals surface area (Å²) < 4.78 is 23.5. The van der Waals surface area contributed by atoms with E-state index in [0.29, 0.717) is 23.9 Å². The number of phosphoric ester groups is 1. The quantitative estimate of drug-likeness (QED) is 0.0256. The SMILES string of the molecule is CC/C=C\C/C=C\C/C=C\C/C=C\CCCCCCC(=O)NC(COP(=O)(O)OCC[N+](C)(C)C)C(O)CCCCCCCCCCCCCC.